The number of ether oxygens (including phenoxy) is 1. The van der Waals surface area contributed by atoms with E-state index in [1.165, 1.54) is 5.56 Å². The first-order chi connectivity index (χ1) is 9.79. The van der Waals surface area contributed by atoms with Crippen LogP contribution in [0, 0.1) is 0 Å². The molecule has 0 heterocycles. The van der Waals surface area contributed by atoms with E-state index in [1.807, 2.05) is 36.4 Å². The Morgan fingerprint density at radius 3 is 2.50 bits per heavy atom. The molecule has 0 saturated heterocycles. The second-order valence-electron chi connectivity index (χ2n) is 4.90. The average molecular weight is 270 g/mol. The van der Waals surface area contributed by atoms with Crippen LogP contribution in [0.5, 0.6) is 5.75 Å². The number of nitrogens with two attached hydrogens (primary N) is 1. The van der Waals surface area contributed by atoms with Crippen molar-refractivity contribution in [3.05, 3.63) is 65.7 Å². The molecule has 3 nitrogen and oxygen atoms in total. The van der Waals surface area contributed by atoms with Crippen LogP contribution < -0.4 is 15.8 Å². The highest BCUT2D eigenvalue weighted by Crippen LogP contribution is 2.19. The van der Waals surface area contributed by atoms with Crippen LogP contribution in [0.4, 0.5) is 0 Å². The van der Waals surface area contributed by atoms with E-state index in [2.05, 4.69) is 30.4 Å². The molecule has 0 aliphatic carbocycles. The van der Waals surface area contributed by atoms with Crippen molar-refractivity contribution >= 4 is 0 Å². The number of hydrogen-bond donors (Lipinski definition) is 2. The molecule has 0 radical (unpaired) electrons. The van der Waals surface area contributed by atoms with Crippen molar-refractivity contribution in [2.24, 2.45) is 5.73 Å². The molecular formula is C17H22N2O. The van der Waals surface area contributed by atoms with Gasteiger partial charge in [-0.15, -0.1) is 0 Å². The lowest BCUT2D eigenvalue weighted by Gasteiger charge is -2.15. The van der Waals surface area contributed by atoms with Gasteiger partial charge in [0.15, 0.2) is 0 Å². The summed E-state index contributed by atoms with van der Waals surface area (Å²) in [6.45, 7) is 4.06. The minimum Gasteiger partial charge on any atom is -0.489 e. The number of hydrogen-bond acceptors (Lipinski definition) is 3. The monoisotopic (exact) mass is 270 g/mol. The van der Waals surface area contributed by atoms with Gasteiger partial charge in [0.25, 0.3) is 0 Å². The first-order valence-electron chi connectivity index (χ1n) is 6.97. The Morgan fingerprint density at radius 2 is 1.75 bits per heavy atom. The minimum atomic E-state index is 0.303. The lowest BCUT2D eigenvalue weighted by molar-refractivity contribution is 0.301. The van der Waals surface area contributed by atoms with E-state index in [-0.39, 0.29) is 0 Å². The molecule has 1 atom stereocenters. The Bertz CT molecular complexity index is 513. The first kappa shape index (κ1) is 14.6. The average Bonchev–Trinajstić information content (AvgIpc) is 2.52. The second kappa shape index (κ2) is 7.68. The van der Waals surface area contributed by atoms with Crippen LogP contribution in [-0.2, 0) is 13.2 Å². The molecule has 2 rings (SSSR count). The molecule has 0 aliphatic heterocycles. The molecule has 0 amide bonds. The third kappa shape index (κ3) is 4.37. The molecule has 106 valence electrons. The third-order valence-electron chi connectivity index (χ3n) is 3.20. The van der Waals surface area contributed by atoms with Gasteiger partial charge in [0.05, 0.1) is 0 Å². The summed E-state index contributed by atoms with van der Waals surface area (Å²) in [5.74, 6) is 0.924. The van der Waals surface area contributed by atoms with Crippen molar-refractivity contribution in [3.63, 3.8) is 0 Å². The van der Waals surface area contributed by atoms with Gasteiger partial charge in [-0.3, -0.25) is 0 Å². The third-order valence-corrected chi connectivity index (χ3v) is 3.20. The van der Waals surface area contributed by atoms with Crippen molar-refractivity contribution in [2.75, 3.05) is 6.54 Å². The van der Waals surface area contributed by atoms with E-state index in [1.54, 1.807) is 0 Å². The fourth-order valence-corrected chi connectivity index (χ4v) is 1.89. The van der Waals surface area contributed by atoms with Gasteiger partial charge in [-0.25, -0.2) is 0 Å². The molecule has 2 aromatic rings. The van der Waals surface area contributed by atoms with Gasteiger partial charge in [0, 0.05) is 24.7 Å². The highest BCUT2D eigenvalue weighted by molar-refractivity contribution is 5.33. The van der Waals surface area contributed by atoms with Gasteiger partial charge >= 0.3 is 0 Å². The predicted molar refractivity (Wildman–Crippen MR) is 82.6 cm³/mol. The number of rotatable bonds is 7. The molecular weight excluding hydrogens is 248 g/mol. The highest BCUT2D eigenvalue weighted by Gasteiger charge is 2.05. The Morgan fingerprint density at radius 1 is 1.05 bits per heavy atom. The topological polar surface area (TPSA) is 47.3 Å². The van der Waals surface area contributed by atoms with E-state index in [0.29, 0.717) is 19.2 Å². The van der Waals surface area contributed by atoms with Crippen LogP contribution in [0.25, 0.3) is 0 Å². The van der Waals surface area contributed by atoms with Crippen LogP contribution in [0.3, 0.4) is 0 Å². The molecule has 2 aromatic carbocycles. The maximum absolute atomic E-state index is 5.92. The van der Waals surface area contributed by atoms with Crippen molar-refractivity contribution in [1.82, 2.24) is 5.32 Å². The van der Waals surface area contributed by atoms with E-state index >= 15 is 0 Å². The summed E-state index contributed by atoms with van der Waals surface area (Å²) < 4.78 is 5.92. The van der Waals surface area contributed by atoms with Crippen molar-refractivity contribution in [2.45, 2.75) is 26.1 Å². The summed E-state index contributed by atoms with van der Waals surface area (Å²) in [5.41, 5.74) is 7.94. The fraction of sp³-hybridized carbons (Fsp3) is 0.294. The zero-order valence-electron chi connectivity index (χ0n) is 11.9. The summed E-state index contributed by atoms with van der Waals surface area (Å²) in [5, 5.41) is 3.38. The largest absolute Gasteiger partial charge is 0.489 e. The maximum atomic E-state index is 5.92. The van der Waals surface area contributed by atoms with E-state index in [4.69, 9.17) is 10.5 Å². The SMILES string of the molecule is C[C@H](CN)NCc1ccccc1OCc1ccccc1. The van der Waals surface area contributed by atoms with Crippen LogP contribution in [-0.4, -0.2) is 12.6 Å². The molecule has 0 aromatic heterocycles. The van der Waals surface area contributed by atoms with E-state index < -0.39 is 0 Å². The van der Waals surface area contributed by atoms with Crippen LogP contribution >= 0.6 is 0 Å². The van der Waals surface area contributed by atoms with E-state index in [9.17, 15) is 0 Å². The zero-order chi connectivity index (χ0) is 14.2. The van der Waals surface area contributed by atoms with Crippen LogP contribution in [0.1, 0.15) is 18.1 Å². The van der Waals surface area contributed by atoms with Gasteiger partial charge in [-0.1, -0.05) is 48.5 Å². The quantitative estimate of drug-likeness (QED) is 0.813. The molecule has 20 heavy (non-hydrogen) atoms. The molecule has 0 unspecified atom stereocenters. The van der Waals surface area contributed by atoms with Gasteiger partial charge < -0.3 is 15.8 Å². The van der Waals surface area contributed by atoms with Gasteiger partial charge in [0.1, 0.15) is 12.4 Å². The Kier molecular flexibility index (Phi) is 5.59. The summed E-state index contributed by atoms with van der Waals surface area (Å²) in [4.78, 5) is 0. The predicted octanol–water partition coefficient (Wildman–Crippen LogP) is 2.70. The zero-order valence-corrected chi connectivity index (χ0v) is 11.9. The standard InChI is InChI=1S/C17H22N2O/c1-14(11-18)19-12-16-9-5-6-10-17(16)20-13-15-7-3-2-4-8-15/h2-10,14,19H,11-13,18H2,1H3/t14-/m1/s1. The molecule has 0 bridgehead atoms. The summed E-state index contributed by atoms with van der Waals surface area (Å²) in [7, 11) is 0. The summed E-state index contributed by atoms with van der Waals surface area (Å²) in [6, 6.07) is 18.6. The van der Waals surface area contributed by atoms with Gasteiger partial charge in [0.2, 0.25) is 0 Å². The smallest absolute Gasteiger partial charge is 0.124 e. The Balaban J connectivity index is 1.97. The molecule has 3 heteroatoms. The Hall–Kier alpha value is -1.84. The van der Waals surface area contributed by atoms with Crippen LogP contribution in [0.15, 0.2) is 54.6 Å². The molecule has 0 aliphatic rings. The van der Waals surface area contributed by atoms with Crippen molar-refractivity contribution < 1.29 is 4.74 Å². The lowest BCUT2D eigenvalue weighted by Crippen LogP contribution is -2.32. The fourth-order valence-electron chi connectivity index (χ4n) is 1.89. The van der Waals surface area contributed by atoms with Crippen LogP contribution in [0.2, 0.25) is 0 Å². The van der Waals surface area contributed by atoms with E-state index in [0.717, 1.165) is 17.9 Å². The molecule has 0 spiro atoms. The molecule has 3 N–H and O–H groups in total. The molecule has 0 saturated carbocycles. The number of para-hydroxylation sites is 1. The second-order valence-corrected chi connectivity index (χ2v) is 4.90. The van der Waals surface area contributed by atoms with Crippen molar-refractivity contribution in [1.29, 1.82) is 0 Å². The van der Waals surface area contributed by atoms with Crippen molar-refractivity contribution in [3.8, 4) is 5.75 Å². The minimum absolute atomic E-state index is 0.303. The van der Waals surface area contributed by atoms with Gasteiger partial charge in [-0.05, 0) is 18.6 Å². The lowest BCUT2D eigenvalue weighted by atomic mass is 10.2. The Labute approximate surface area is 120 Å². The normalized spacial score (nSPS) is 12.1. The number of benzene rings is 2. The highest BCUT2D eigenvalue weighted by atomic mass is 16.5. The molecule has 0 fully saturated rings. The summed E-state index contributed by atoms with van der Waals surface area (Å²) in [6.07, 6.45) is 0. The summed E-state index contributed by atoms with van der Waals surface area (Å²) >= 11 is 0. The number of nitrogens with one attached hydrogen (secondary N) is 1. The first-order valence-corrected chi connectivity index (χ1v) is 6.97. The van der Waals surface area contributed by atoms with Gasteiger partial charge in [-0.2, -0.15) is 0 Å². The maximum Gasteiger partial charge on any atom is 0.124 e.